The van der Waals surface area contributed by atoms with Crippen molar-refractivity contribution in [2.75, 3.05) is 13.1 Å². The van der Waals surface area contributed by atoms with Crippen LogP contribution in [0.3, 0.4) is 0 Å². The van der Waals surface area contributed by atoms with E-state index in [4.69, 9.17) is 0 Å². The second kappa shape index (κ2) is 5.11. The van der Waals surface area contributed by atoms with Crippen LogP contribution in [0, 0.1) is 0 Å². The Bertz CT molecular complexity index is 483. The standard InChI is InChI=1S/C15H25N5/c1-11(15-18-17-14-5-3-8-20(14)15)16-12-6-9-19-7-2-4-13(19)10-12/h11-13,16H,2-10H2,1H3. The monoisotopic (exact) mass is 275 g/mol. The van der Waals surface area contributed by atoms with Gasteiger partial charge in [0.1, 0.15) is 11.6 Å². The summed E-state index contributed by atoms with van der Waals surface area (Å²) >= 11 is 0. The van der Waals surface area contributed by atoms with Crippen LogP contribution in [-0.2, 0) is 13.0 Å². The fraction of sp³-hybridized carbons (Fsp3) is 0.867. The molecule has 3 aliphatic rings. The predicted molar refractivity (Wildman–Crippen MR) is 77.5 cm³/mol. The van der Waals surface area contributed by atoms with Gasteiger partial charge in [-0.05, 0) is 52.1 Å². The Kier molecular flexibility index (Phi) is 3.27. The summed E-state index contributed by atoms with van der Waals surface area (Å²) in [5.74, 6) is 2.32. The van der Waals surface area contributed by atoms with E-state index in [1.807, 2.05) is 0 Å². The topological polar surface area (TPSA) is 46.0 Å². The molecule has 0 aromatic carbocycles. The summed E-state index contributed by atoms with van der Waals surface area (Å²) in [6, 6.07) is 1.81. The Labute approximate surface area is 120 Å². The number of hydrogen-bond acceptors (Lipinski definition) is 4. The third-order valence-electron chi connectivity index (χ3n) is 5.33. The Morgan fingerprint density at radius 2 is 2.10 bits per heavy atom. The minimum atomic E-state index is 0.326. The first kappa shape index (κ1) is 12.8. The zero-order chi connectivity index (χ0) is 13.5. The van der Waals surface area contributed by atoms with Crippen LogP contribution in [-0.4, -0.2) is 44.8 Å². The third-order valence-corrected chi connectivity index (χ3v) is 5.33. The molecule has 4 rings (SSSR count). The molecule has 1 N–H and O–H groups in total. The van der Waals surface area contributed by atoms with Gasteiger partial charge in [-0.3, -0.25) is 0 Å². The molecule has 3 unspecified atom stereocenters. The smallest absolute Gasteiger partial charge is 0.149 e. The van der Waals surface area contributed by atoms with Gasteiger partial charge in [0.15, 0.2) is 0 Å². The van der Waals surface area contributed by atoms with Crippen molar-refractivity contribution in [1.82, 2.24) is 25.0 Å². The fourth-order valence-electron chi connectivity index (χ4n) is 4.30. The number of fused-ring (bicyclic) bond motifs is 2. The van der Waals surface area contributed by atoms with Gasteiger partial charge in [-0.15, -0.1) is 10.2 Å². The molecule has 110 valence electrons. The minimum absolute atomic E-state index is 0.326. The summed E-state index contributed by atoms with van der Waals surface area (Å²) in [6.07, 6.45) is 7.70. The van der Waals surface area contributed by atoms with Crippen molar-refractivity contribution in [3.8, 4) is 0 Å². The van der Waals surface area contributed by atoms with Crippen LogP contribution in [0.25, 0.3) is 0 Å². The average molecular weight is 275 g/mol. The summed E-state index contributed by atoms with van der Waals surface area (Å²) in [4.78, 5) is 2.68. The van der Waals surface area contributed by atoms with Crippen molar-refractivity contribution < 1.29 is 0 Å². The second-order valence-corrected chi connectivity index (χ2v) is 6.67. The quantitative estimate of drug-likeness (QED) is 0.908. The van der Waals surface area contributed by atoms with Crippen LogP contribution < -0.4 is 5.32 Å². The highest BCUT2D eigenvalue weighted by Gasteiger charge is 2.32. The molecule has 4 heterocycles. The average Bonchev–Trinajstić information content (AvgIpc) is 3.13. The van der Waals surface area contributed by atoms with Crippen LogP contribution in [0.1, 0.15) is 56.7 Å². The molecule has 5 nitrogen and oxygen atoms in total. The molecule has 0 bridgehead atoms. The Morgan fingerprint density at radius 1 is 1.15 bits per heavy atom. The molecule has 0 amide bonds. The van der Waals surface area contributed by atoms with Crippen molar-refractivity contribution in [1.29, 1.82) is 0 Å². The molecule has 1 aromatic rings. The Morgan fingerprint density at radius 3 is 3.05 bits per heavy atom. The number of rotatable bonds is 3. The predicted octanol–water partition coefficient (Wildman–Crippen LogP) is 1.50. The molecule has 1 aromatic heterocycles. The van der Waals surface area contributed by atoms with Gasteiger partial charge in [0.25, 0.3) is 0 Å². The highest BCUT2D eigenvalue weighted by atomic mass is 15.3. The molecule has 3 aliphatic heterocycles. The summed E-state index contributed by atoms with van der Waals surface area (Å²) in [6.45, 7) is 5.94. The molecule has 2 saturated heterocycles. The highest BCUT2D eigenvalue weighted by molar-refractivity contribution is 5.05. The van der Waals surface area contributed by atoms with Gasteiger partial charge in [0.05, 0.1) is 6.04 Å². The number of piperidine rings is 1. The highest BCUT2D eigenvalue weighted by Crippen LogP contribution is 2.28. The first-order valence-electron chi connectivity index (χ1n) is 8.23. The number of aromatic nitrogens is 3. The molecule has 5 heteroatoms. The lowest BCUT2D eigenvalue weighted by molar-refractivity contribution is 0.161. The van der Waals surface area contributed by atoms with E-state index in [0.29, 0.717) is 12.1 Å². The zero-order valence-electron chi connectivity index (χ0n) is 12.4. The van der Waals surface area contributed by atoms with Gasteiger partial charge in [-0.2, -0.15) is 0 Å². The molecule has 0 saturated carbocycles. The van der Waals surface area contributed by atoms with E-state index >= 15 is 0 Å². The number of hydrogen-bond donors (Lipinski definition) is 1. The minimum Gasteiger partial charge on any atom is -0.314 e. The molecule has 0 spiro atoms. The van der Waals surface area contributed by atoms with E-state index in [-0.39, 0.29) is 0 Å². The number of nitrogens with zero attached hydrogens (tertiary/aromatic N) is 4. The maximum atomic E-state index is 4.41. The van der Waals surface area contributed by atoms with Gasteiger partial charge in [-0.25, -0.2) is 0 Å². The molecule has 2 fully saturated rings. The lowest BCUT2D eigenvalue weighted by Crippen LogP contribution is -2.46. The van der Waals surface area contributed by atoms with Crippen LogP contribution in [0.2, 0.25) is 0 Å². The molecule has 0 radical (unpaired) electrons. The largest absolute Gasteiger partial charge is 0.314 e. The second-order valence-electron chi connectivity index (χ2n) is 6.67. The van der Waals surface area contributed by atoms with Gasteiger partial charge in [-0.1, -0.05) is 0 Å². The lowest BCUT2D eigenvalue weighted by atomic mass is 9.97. The fourth-order valence-corrected chi connectivity index (χ4v) is 4.30. The van der Waals surface area contributed by atoms with Crippen LogP contribution in [0.15, 0.2) is 0 Å². The third kappa shape index (κ3) is 2.17. The maximum absolute atomic E-state index is 4.41. The zero-order valence-corrected chi connectivity index (χ0v) is 12.4. The lowest BCUT2D eigenvalue weighted by Gasteiger charge is -2.36. The Balaban J connectivity index is 1.41. The molecule has 3 atom stereocenters. The first-order chi connectivity index (χ1) is 9.81. The van der Waals surface area contributed by atoms with Crippen molar-refractivity contribution >= 4 is 0 Å². The van der Waals surface area contributed by atoms with E-state index in [2.05, 4.69) is 31.9 Å². The summed E-state index contributed by atoms with van der Waals surface area (Å²) < 4.78 is 2.32. The van der Waals surface area contributed by atoms with Crippen molar-refractivity contribution in [2.45, 2.75) is 70.1 Å². The van der Waals surface area contributed by atoms with Crippen LogP contribution in [0.5, 0.6) is 0 Å². The van der Waals surface area contributed by atoms with E-state index in [1.54, 1.807) is 0 Å². The van der Waals surface area contributed by atoms with Crippen LogP contribution >= 0.6 is 0 Å². The summed E-state index contributed by atoms with van der Waals surface area (Å²) in [5, 5.41) is 12.6. The van der Waals surface area contributed by atoms with E-state index in [9.17, 15) is 0 Å². The summed E-state index contributed by atoms with van der Waals surface area (Å²) in [7, 11) is 0. The number of nitrogens with one attached hydrogen (secondary N) is 1. The van der Waals surface area contributed by atoms with Gasteiger partial charge in [0.2, 0.25) is 0 Å². The molecular formula is C15H25N5. The van der Waals surface area contributed by atoms with E-state index in [1.165, 1.54) is 51.0 Å². The number of aryl methyl sites for hydroxylation is 1. The van der Waals surface area contributed by atoms with Crippen molar-refractivity contribution in [2.24, 2.45) is 0 Å². The Hall–Kier alpha value is -0.940. The van der Waals surface area contributed by atoms with Gasteiger partial charge in [0, 0.05) is 25.0 Å². The first-order valence-corrected chi connectivity index (χ1v) is 8.23. The van der Waals surface area contributed by atoms with Crippen molar-refractivity contribution in [3.05, 3.63) is 11.6 Å². The SMILES string of the molecule is CC(NC1CCN2CCCC2C1)c1nnc2n1CCC2. The summed E-state index contributed by atoms with van der Waals surface area (Å²) in [5.41, 5.74) is 0. The molecule has 0 aliphatic carbocycles. The maximum Gasteiger partial charge on any atom is 0.149 e. The molecule has 20 heavy (non-hydrogen) atoms. The normalized spacial score (nSPS) is 31.2. The van der Waals surface area contributed by atoms with E-state index in [0.717, 1.165) is 24.8 Å². The van der Waals surface area contributed by atoms with Crippen molar-refractivity contribution in [3.63, 3.8) is 0 Å². The molecular weight excluding hydrogens is 250 g/mol. The van der Waals surface area contributed by atoms with E-state index < -0.39 is 0 Å². The van der Waals surface area contributed by atoms with Crippen LogP contribution in [0.4, 0.5) is 0 Å². The van der Waals surface area contributed by atoms with Gasteiger partial charge < -0.3 is 14.8 Å². The van der Waals surface area contributed by atoms with Gasteiger partial charge >= 0.3 is 0 Å².